The Morgan fingerprint density at radius 2 is 0.737 bits per heavy atom. The number of nitrogens with one attached hydrogen (secondary N) is 8. The van der Waals surface area contributed by atoms with Crippen LogP contribution in [0, 0.1) is 0 Å². The molecule has 404 valence electrons. The van der Waals surface area contributed by atoms with E-state index in [0.717, 1.165) is 32.7 Å². The van der Waals surface area contributed by atoms with Gasteiger partial charge in [-0.3, -0.25) is 38.9 Å². The fourth-order valence-corrected chi connectivity index (χ4v) is 8.74. The molecule has 0 spiro atoms. The summed E-state index contributed by atoms with van der Waals surface area (Å²) in [6, 6.07) is 14.2. The molecule has 76 heavy (non-hydrogen) atoms. The molecule has 0 fully saturated rings. The number of para-hydroxylation sites is 3. The quantitative estimate of drug-likeness (QED) is 0.0155. The molecular weight excluding hydrogens is 977 g/mol. The number of nitrogens with two attached hydrogens (primary N) is 7. The first-order valence-corrected chi connectivity index (χ1v) is 24.8. The number of hydrogen-bond acceptors (Lipinski definition) is 10. The van der Waals surface area contributed by atoms with Gasteiger partial charge in [-0.25, -0.2) is 4.79 Å². The lowest BCUT2D eigenvalue weighted by atomic mass is 9.99. The topological polar surface area (TPSA) is 449 Å². The van der Waals surface area contributed by atoms with E-state index in [0.29, 0.717) is 23.1 Å². The predicted molar refractivity (Wildman–Crippen MR) is 291 cm³/mol. The number of aromatic nitrogens is 3. The van der Waals surface area contributed by atoms with E-state index in [1.54, 1.807) is 18.6 Å². The zero-order valence-corrected chi connectivity index (χ0v) is 41.9. The second kappa shape index (κ2) is 27.2. The Bertz CT molecular complexity index is 3060. The summed E-state index contributed by atoms with van der Waals surface area (Å²) in [6.45, 7) is 0.452. The number of fused-ring (bicyclic) bond motifs is 3. The fraction of sp³-hybridized carbons (Fsp3) is 0.353. The molecule has 0 aliphatic carbocycles. The first-order chi connectivity index (χ1) is 36.5. The molecule has 6 rings (SSSR count). The van der Waals surface area contributed by atoms with Crippen LogP contribution in [0.25, 0.3) is 32.7 Å². The van der Waals surface area contributed by atoms with Crippen LogP contribution in [0.4, 0.5) is 0 Å². The summed E-state index contributed by atoms with van der Waals surface area (Å²) in [5.74, 6) is -5.55. The average Bonchev–Trinajstić information content (AvgIpc) is 4.13. The van der Waals surface area contributed by atoms with Crippen LogP contribution in [-0.4, -0.2) is 129 Å². The van der Waals surface area contributed by atoms with Crippen molar-refractivity contribution in [3.05, 3.63) is 108 Å². The number of benzene rings is 3. The van der Waals surface area contributed by atoms with Crippen molar-refractivity contribution in [3.8, 4) is 0 Å². The Labute approximate surface area is 437 Å². The molecule has 3 heterocycles. The number of aromatic amines is 3. The standard InChI is InChI=1S/C51H68N18O7/c52-34(13-7-19-59-49(53)54)43(70)65-38(17-8-20-60-50(55)56)44(71)67-41(23-29-26-63-36-15-5-2-11-32(29)36)46(73)69-42(24-30-27-64-37-16-6-3-12-33(30)37)47(74)68-40(22-28-25-62-35-14-4-1-10-31(28)35)45(72)66-39(48(75)76)18-9-21-61-51(57)58/h1-6,10-12,14-16,25-27,34,38-42,62-64H,7-9,13,17-24,52H2,(H,65,70)(H,66,72)(H,67,71)(H,68,74)(H,69,73)(H,75,76)(H4,53,54,59)(H4,55,56,60)(H4,57,58,61)/t34-,38-,39-,40-,41-,42-/m0/s1. The number of carboxylic acid groups (broad SMARTS) is 1. The van der Waals surface area contributed by atoms with Crippen LogP contribution in [0.2, 0.25) is 0 Å². The van der Waals surface area contributed by atoms with Crippen LogP contribution in [0.3, 0.4) is 0 Å². The Morgan fingerprint density at radius 3 is 1.09 bits per heavy atom. The Balaban J connectivity index is 1.33. The van der Waals surface area contributed by atoms with Gasteiger partial charge in [-0.1, -0.05) is 54.6 Å². The van der Waals surface area contributed by atoms with E-state index in [1.165, 1.54) is 0 Å². The molecule has 3 aromatic heterocycles. The lowest BCUT2D eigenvalue weighted by molar-refractivity contribution is -0.142. The second-order valence-corrected chi connectivity index (χ2v) is 18.3. The van der Waals surface area contributed by atoms with Gasteiger partial charge in [0.15, 0.2) is 17.9 Å². The maximum Gasteiger partial charge on any atom is 0.326 e. The molecule has 3 aromatic carbocycles. The van der Waals surface area contributed by atoms with Crippen molar-refractivity contribution in [2.75, 3.05) is 19.6 Å². The first-order valence-electron chi connectivity index (χ1n) is 24.8. The molecule has 0 bridgehead atoms. The number of hydrogen-bond donors (Lipinski definition) is 16. The number of aliphatic carboxylic acids is 1. The SMILES string of the molecule is NC(N)=NCCC[C@H](NC(=O)[C@H](Cc1c[nH]c2ccccc12)NC(=O)[C@H](Cc1c[nH]c2ccccc12)NC(=O)[C@H](Cc1c[nH]c2ccccc12)NC(=O)[C@H](CCCN=C(N)N)NC(=O)[C@@H](N)CCCN=C(N)N)C(=O)O. The highest BCUT2D eigenvalue weighted by molar-refractivity contribution is 5.98. The van der Waals surface area contributed by atoms with Gasteiger partial charge in [0, 0.05) is 90.2 Å². The highest BCUT2D eigenvalue weighted by Gasteiger charge is 2.34. The zero-order chi connectivity index (χ0) is 54.7. The third-order valence-corrected chi connectivity index (χ3v) is 12.6. The lowest BCUT2D eigenvalue weighted by Crippen LogP contribution is -2.60. The van der Waals surface area contributed by atoms with Gasteiger partial charge in [-0.05, 0) is 73.4 Å². The van der Waals surface area contributed by atoms with Gasteiger partial charge in [0.05, 0.1) is 6.04 Å². The van der Waals surface area contributed by atoms with Gasteiger partial charge in [0.1, 0.15) is 30.2 Å². The number of carbonyl (C=O) groups is 6. The van der Waals surface area contributed by atoms with E-state index >= 15 is 9.59 Å². The zero-order valence-electron chi connectivity index (χ0n) is 41.9. The van der Waals surface area contributed by atoms with E-state index in [2.05, 4.69) is 56.5 Å². The van der Waals surface area contributed by atoms with Crippen molar-refractivity contribution in [1.82, 2.24) is 41.5 Å². The van der Waals surface area contributed by atoms with E-state index in [-0.39, 0.29) is 88.9 Å². The molecule has 0 radical (unpaired) electrons. The van der Waals surface area contributed by atoms with Gasteiger partial charge >= 0.3 is 5.97 Å². The van der Waals surface area contributed by atoms with E-state index in [1.807, 2.05) is 72.8 Å². The summed E-state index contributed by atoms with van der Waals surface area (Å²) in [4.78, 5) is 106. The Kier molecular flexibility index (Phi) is 20.1. The van der Waals surface area contributed by atoms with Crippen molar-refractivity contribution in [3.63, 3.8) is 0 Å². The number of carbonyl (C=O) groups excluding carboxylic acids is 5. The molecule has 0 aliphatic rings. The number of H-pyrrole nitrogens is 3. The minimum Gasteiger partial charge on any atom is -0.480 e. The Hall–Kier alpha value is -9.13. The molecule has 23 N–H and O–H groups in total. The van der Waals surface area contributed by atoms with E-state index < -0.39 is 71.8 Å². The minimum atomic E-state index is -1.41. The monoisotopic (exact) mass is 1040 g/mol. The fourth-order valence-electron chi connectivity index (χ4n) is 8.74. The van der Waals surface area contributed by atoms with Gasteiger partial charge in [0.25, 0.3) is 0 Å². The molecule has 25 nitrogen and oxygen atoms in total. The van der Waals surface area contributed by atoms with Crippen LogP contribution in [-0.2, 0) is 48.0 Å². The summed E-state index contributed by atoms with van der Waals surface area (Å²) in [6.07, 6.45) is 5.82. The number of nitrogens with zero attached hydrogens (tertiary/aromatic N) is 3. The summed E-state index contributed by atoms with van der Waals surface area (Å²) in [5, 5.41) is 26.3. The van der Waals surface area contributed by atoms with Crippen molar-refractivity contribution in [2.45, 2.75) is 94.0 Å². The summed E-state index contributed by atoms with van der Waals surface area (Å²) in [7, 11) is 0. The third-order valence-electron chi connectivity index (χ3n) is 12.6. The maximum atomic E-state index is 15.1. The smallest absolute Gasteiger partial charge is 0.326 e. The highest BCUT2D eigenvalue weighted by Crippen LogP contribution is 2.23. The van der Waals surface area contributed by atoms with E-state index in [9.17, 15) is 24.3 Å². The van der Waals surface area contributed by atoms with Gasteiger partial charge < -0.3 is 86.8 Å². The molecular formula is C51H68N18O7. The van der Waals surface area contributed by atoms with Crippen molar-refractivity contribution < 1.29 is 33.9 Å². The Morgan fingerprint density at radius 1 is 0.434 bits per heavy atom. The number of rotatable bonds is 29. The largest absolute Gasteiger partial charge is 0.480 e. The second-order valence-electron chi connectivity index (χ2n) is 18.3. The third kappa shape index (κ3) is 16.2. The summed E-state index contributed by atoms with van der Waals surface area (Å²) in [5.41, 5.74) is 43.3. The molecule has 25 heteroatoms. The van der Waals surface area contributed by atoms with Crippen LogP contribution >= 0.6 is 0 Å². The van der Waals surface area contributed by atoms with Crippen LogP contribution in [0.1, 0.15) is 55.2 Å². The first kappa shape index (κ1) is 56.2. The molecule has 0 saturated carbocycles. The van der Waals surface area contributed by atoms with Crippen LogP contribution < -0.4 is 66.7 Å². The summed E-state index contributed by atoms with van der Waals surface area (Å²) >= 11 is 0. The predicted octanol–water partition coefficient (Wildman–Crippen LogP) is -0.845. The van der Waals surface area contributed by atoms with Crippen LogP contribution in [0.5, 0.6) is 0 Å². The summed E-state index contributed by atoms with van der Waals surface area (Å²) < 4.78 is 0. The average molecular weight is 1050 g/mol. The van der Waals surface area contributed by atoms with Gasteiger partial charge in [0.2, 0.25) is 29.5 Å². The van der Waals surface area contributed by atoms with E-state index in [4.69, 9.17) is 40.1 Å². The van der Waals surface area contributed by atoms with Gasteiger partial charge in [-0.15, -0.1) is 0 Å². The van der Waals surface area contributed by atoms with Crippen LogP contribution in [0.15, 0.2) is 106 Å². The molecule has 0 unspecified atom stereocenters. The maximum absolute atomic E-state index is 15.1. The molecule has 6 aromatic rings. The minimum absolute atomic E-state index is 0.0287. The number of amides is 5. The normalized spacial score (nSPS) is 13.5. The van der Waals surface area contributed by atoms with Crippen molar-refractivity contribution >= 4 is 86.1 Å². The molecule has 0 aliphatic heterocycles. The molecule has 5 amide bonds. The molecule has 0 saturated heterocycles. The number of guanidine groups is 3. The molecule has 6 atom stereocenters. The number of carboxylic acids is 1. The van der Waals surface area contributed by atoms with Gasteiger partial charge in [-0.2, -0.15) is 0 Å². The highest BCUT2D eigenvalue weighted by atomic mass is 16.4. The lowest BCUT2D eigenvalue weighted by Gasteiger charge is -2.27. The van der Waals surface area contributed by atoms with Crippen molar-refractivity contribution in [2.24, 2.45) is 55.1 Å². The van der Waals surface area contributed by atoms with Crippen molar-refractivity contribution in [1.29, 1.82) is 0 Å². The number of aliphatic imine (C=N–C) groups is 3.